The van der Waals surface area contributed by atoms with E-state index < -0.39 is 0 Å². The summed E-state index contributed by atoms with van der Waals surface area (Å²) in [4.78, 5) is 14.0. The number of rotatable bonds is 6. The number of nitrogens with zero attached hydrogens (tertiary/aromatic N) is 1. The fraction of sp³-hybridized carbons (Fsp3) is 0.294. The van der Waals surface area contributed by atoms with Gasteiger partial charge in [-0.15, -0.1) is 0 Å². The summed E-state index contributed by atoms with van der Waals surface area (Å²) < 4.78 is 11.0. The summed E-state index contributed by atoms with van der Waals surface area (Å²) in [5, 5.41) is 4.38. The SMILES string of the molecule is CCOCCCN1C(=O)/C(=C\c2cc3ccccc3o2)NC1=S. The summed E-state index contributed by atoms with van der Waals surface area (Å²) in [6.45, 7) is 3.78. The van der Waals surface area contributed by atoms with Crippen molar-refractivity contribution in [3.8, 4) is 0 Å². The quantitative estimate of drug-likeness (QED) is 0.501. The van der Waals surface area contributed by atoms with E-state index in [1.807, 2.05) is 37.3 Å². The Hall–Kier alpha value is -2.18. The van der Waals surface area contributed by atoms with Gasteiger partial charge in [0.2, 0.25) is 0 Å². The lowest BCUT2D eigenvalue weighted by Gasteiger charge is -2.13. The van der Waals surface area contributed by atoms with Gasteiger partial charge in [-0.3, -0.25) is 9.69 Å². The van der Waals surface area contributed by atoms with Crippen LogP contribution >= 0.6 is 12.2 Å². The van der Waals surface area contributed by atoms with E-state index in [2.05, 4.69) is 5.32 Å². The van der Waals surface area contributed by atoms with Crippen molar-refractivity contribution in [1.29, 1.82) is 0 Å². The Kier molecular flexibility index (Phi) is 4.73. The Balaban J connectivity index is 1.73. The predicted octanol–water partition coefficient (Wildman–Crippen LogP) is 2.92. The first-order chi connectivity index (χ1) is 11.2. The van der Waals surface area contributed by atoms with Crippen molar-refractivity contribution in [3.05, 3.63) is 41.8 Å². The van der Waals surface area contributed by atoms with Crippen molar-refractivity contribution in [2.75, 3.05) is 19.8 Å². The van der Waals surface area contributed by atoms with Gasteiger partial charge in [0.25, 0.3) is 5.91 Å². The van der Waals surface area contributed by atoms with Crippen molar-refractivity contribution in [1.82, 2.24) is 10.2 Å². The minimum atomic E-state index is -0.132. The van der Waals surface area contributed by atoms with Crippen LogP contribution in [0.3, 0.4) is 0 Å². The Morgan fingerprint density at radius 3 is 3.00 bits per heavy atom. The second kappa shape index (κ2) is 6.93. The first-order valence-corrected chi connectivity index (χ1v) is 8.00. The van der Waals surface area contributed by atoms with Gasteiger partial charge < -0.3 is 14.5 Å². The van der Waals surface area contributed by atoms with Crippen molar-refractivity contribution < 1.29 is 13.9 Å². The number of para-hydroxylation sites is 1. The maximum Gasteiger partial charge on any atom is 0.276 e. The molecule has 2 aromatic rings. The number of carbonyl (C=O) groups is 1. The summed E-state index contributed by atoms with van der Waals surface area (Å²) in [6, 6.07) is 9.62. The van der Waals surface area contributed by atoms with Gasteiger partial charge in [0.1, 0.15) is 17.0 Å². The molecule has 1 aromatic carbocycles. The number of nitrogens with one attached hydrogen (secondary N) is 1. The molecule has 0 bridgehead atoms. The van der Waals surface area contributed by atoms with Crippen LogP contribution in [-0.4, -0.2) is 35.7 Å². The van der Waals surface area contributed by atoms with Crippen molar-refractivity contribution >= 4 is 40.3 Å². The van der Waals surface area contributed by atoms with E-state index in [1.165, 1.54) is 0 Å². The first-order valence-electron chi connectivity index (χ1n) is 7.60. The van der Waals surface area contributed by atoms with Crippen LogP contribution in [0.25, 0.3) is 17.0 Å². The number of benzene rings is 1. The molecule has 1 fully saturated rings. The zero-order valence-electron chi connectivity index (χ0n) is 12.9. The van der Waals surface area contributed by atoms with Crippen LogP contribution in [0.4, 0.5) is 0 Å². The minimum absolute atomic E-state index is 0.132. The van der Waals surface area contributed by atoms with E-state index in [1.54, 1.807) is 11.0 Å². The smallest absolute Gasteiger partial charge is 0.276 e. The Morgan fingerprint density at radius 1 is 1.39 bits per heavy atom. The molecule has 120 valence electrons. The molecule has 1 amide bonds. The number of hydrogen-bond donors (Lipinski definition) is 1. The average Bonchev–Trinajstić information content (AvgIpc) is 3.06. The maximum absolute atomic E-state index is 12.4. The molecule has 0 unspecified atom stereocenters. The fourth-order valence-electron chi connectivity index (χ4n) is 2.46. The number of furan rings is 1. The third-order valence-corrected chi connectivity index (χ3v) is 3.89. The molecule has 1 saturated heterocycles. The molecule has 3 rings (SSSR count). The Morgan fingerprint density at radius 2 is 2.22 bits per heavy atom. The van der Waals surface area contributed by atoms with Gasteiger partial charge >= 0.3 is 0 Å². The Bertz CT molecular complexity index is 733. The Labute approximate surface area is 139 Å². The summed E-state index contributed by atoms with van der Waals surface area (Å²) in [7, 11) is 0. The molecule has 2 heterocycles. The van der Waals surface area contributed by atoms with Gasteiger partial charge in [-0.2, -0.15) is 0 Å². The largest absolute Gasteiger partial charge is 0.457 e. The number of hydrogen-bond acceptors (Lipinski definition) is 4. The molecule has 0 atom stereocenters. The topological polar surface area (TPSA) is 54.7 Å². The van der Waals surface area contributed by atoms with Crippen LogP contribution in [0, 0.1) is 0 Å². The summed E-state index contributed by atoms with van der Waals surface area (Å²) in [6.07, 6.45) is 2.44. The van der Waals surface area contributed by atoms with E-state index >= 15 is 0 Å². The lowest BCUT2D eigenvalue weighted by atomic mass is 10.2. The zero-order valence-corrected chi connectivity index (χ0v) is 13.7. The van der Waals surface area contributed by atoms with E-state index in [9.17, 15) is 4.79 Å². The van der Waals surface area contributed by atoms with Crippen LogP contribution in [0.5, 0.6) is 0 Å². The second-order valence-corrected chi connectivity index (χ2v) is 5.57. The van der Waals surface area contributed by atoms with Gasteiger partial charge in [0.05, 0.1) is 0 Å². The number of carbonyl (C=O) groups excluding carboxylic acids is 1. The fourth-order valence-corrected chi connectivity index (χ4v) is 2.74. The molecule has 0 radical (unpaired) electrons. The first kappa shape index (κ1) is 15.7. The summed E-state index contributed by atoms with van der Waals surface area (Å²) in [5.41, 5.74) is 1.23. The number of thiocarbonyl (C=S) groups is 1. The van der Waals surface area contributed by atoms with Gasteiger partial charge in [0.15, 0.2) is 5.11 Å². The van der Waals surface area contributed by atoms with Crippen LogP contribution < -0.4 is 5.32 Å². The molecule has 23 heavy (non-hydrogen) atoms. The minimum Gasteiger partial charge on any atom is -0.457 e. The molecule has 1 aliphatic rings. The van der Waals surface area contributed by atoms with Crippen molar-refractivity contribution in [3.63, 3.8) is 0 Å². The van der Waals surface area contributed by atoms with E-state index in [0.29, 0.717) is 36.3 Å². The monoisotopic (exact) mass is 330 g/mol. The van der Waals surface area contributed by atoms with E-state index in [4.69, 9.17) is 21.4 Å². The molecule has 5 nitrogen and oxygen atoms in total. The highest BCUT2D eigenvalue weighted by atomic mass is 32.1. The molecular formula is C17H18N2O3S. The molecular weight excluding hydrogens is 312 g/mol. The van der Waals surface area contributed by atoms with Gasteiger partial charge in [-0.25, -0.2) is 0 Å². The average molecular weight is 330 g/mol. The van der Waals surface area contributed by atoms with Gasteiger partial charge in [0, 0.05) is 31.2 Å². The van der Waals surface area contributed by atoms with Crippen LogP contribution in [-0.2, 0) is 9.53 Å². The lowest BCUT2D eigenvalue weighted by molar-refractivity contribution is -0.122. The maximum atomic E-state index is 12.4. The lowest BCUT2D eigenvalue weighted by Crippen LogP contribution is -2.32. The van der Waals surface area contributed by atoms with E-state index in [0.717, 1.165) is 17.4 Å². The van der Waals surface area contributed by atoms with Gasteiger partial charge in [-0.1, -0.05) is 18.2 Å². The van der Waals surface area contributed by atoms with Crippen molar-refractivity contribution in [2.24, 2.45) is 0 Å². The molecule has 1 aromatic heterocycles. The molecule has 1 N–H and O–H groups in total. The molecule has 0 spiro atoms. The van der Waals surface area contributed by atoms with Crippen LogP contribution in [0.15, 0.2) is 40.4 Å². The van der Waals surface area contributed by atoms with Crippen molar-refractivity contribution in [2.45, 2.75) is 13.3 Å². The standard InChI is InChI=1S/C17H18N2O3S/c1-2-21-9-5-8-19-16(20)14(18-17(19)23)11-13-10-12-6-3-4-7-15(12)22-13/h3-4,6-7,10-11H,2,5,8-9H2,1H3,(H,18,23)/b14-11+. The molecule has 0 aliphatic carbocycles. The number of amides is 1. The summed E-state index contributed by atoms with van der Waals surface area (Å²) in [5.74, 6) is 0.493. The predicted molar refractivity (Wildman–Crippen MR) is 92.7 cm³/mol. The van der Waals surface area contributed by atoms with Crippen LogP contribution in [0.1, 0.15) is 19.1 Å². The molecule has 6 heteroatoms. The second-order valence-electron chi connectivity index (χ2n) is 5.18. The van der Waals surface area contributed by atoms with Gasteiger partial charge in [-0.05, 0) is 37.7 Å². The highest BCUT2D eigenvalue weighted by molar-refractivity contribution is 7.80. The molecule has 1 aliphatic heterocycles. The normalized spacial score (nSPS) is 16.6. The number of fused-ring (bicyclic) bond motifs is 1. The molecule has 0 saturated carbocycles. The summed E-state index contributed by atoms with van der Waals surface area (Å²) >= 11 is 5.23. The highest BCUT2D eigenvalue weighted by Crippen LogP contribution is 2.22. The third-order valence-electron chi connectivity index (χ3n) is 3.57. The van der Waals surface area contributed by atoms with E-state index in [-0.39, 0.29) is 5.91 Å². The zero-order chi connectivity index (χ0) is 16.2. The highest BCUT2D eigenvalue weighted by Gasteiger charge is 2.30. The van der Waals surface area contributed by atoms with Crippen LogP contribution in [0.2, 0.25) is 0 Å². The number of ether oxygens (including phenoxy) is 1. The third kappa shape index (κ3) is 3.43.